The van der Waals surface area contributed by atoms with Crippen molar-refractivity contribution in [1.82, 2.24) is 19.5 Å². The van der Waals surface area contributed by atoms with Gasteiger partial charge in [-0.15, -0.1) is 0 Å². The topological polar surface area (TPSA) is 46.5 Å². The summed E-state index contributed by atoms with van der Waals surface area (Å²) < 4.78 is 2.18. The summed E-state index contributed by atoms with van der Waals surface area (Å²) in [6.45, 7) is 1.99. The summed E-state index contributed by atoms with van der Waals surface area (Å²) in [6, 6.07) is 10.5. The summed E-state index contributed by atoms with van der Waals surface area (Å²) in [5.41, 5.74) is 4.28. The highest BCUT2D eigenvalue weighted by atomic mass is 15.0. The van der Waals surface area contributed by atoms with Gasteiger partial charge in [0.05, 0.1) is 11.7 Å². The van der Waals surface area contributed by atoms with Crippen molar-refractivity contribution in [2.45, 2.75) is 6.92 Å². The van der Waals surface area contributed by atoms with Gasteiger partial charge in [-0.2, -0.15) is 0 Å². The number of aryl methyl sites for hydroxylation is 2. The third-order valence-electron chi connectivity index (χ3n) is 3.75. The number of fused-ring (bicyclic) bond motifs is 3. The molecule has 0 radical (unpaired) electrons. The molecule has 98 valence electrons. The van der Waals surface area contributed by atoms with Crippen molar-refractivity contribution >= 4 is 21.8 Å². The third kappa shape index (κ3) is 1.48. The van der Waals surface area contributed by atoms with Crippen molar-refractivity contribution in [1.29, 1.82) is 0 Å². The Morgan fingerprint density at radius 3 is 2.65 bits per heavy atom. The first-order chi connectivity index (χ1) is 9.74. The van der Waals surface area contributed by atoms with E-state index in [1.807, 2.05) is 19.3 Å². The number of rotatable bonds is 1. The van der Waals surface area contributed by atoms with Crippen LogP contribution in [0.1, 0.15) is 5.69 Å². The first-order valence-electron chi connectivity index (χ1n) is 6.59. The van der Waals surface area contributed by atoms with Crippen LogP contribution in [0.5, 0.6) is 0 Å². The number of para-hydroxylation sites is 1. The molecule has 4 aromatic rings. The Kier molecular flexibility index (Phi) is 2.21. The Morgan fingerprint density at radius 2 is 1.85 bits per heavy atom. The van der Waals surface area contributed by atoms with Crippen LogP contribution < -0.4 is 0 Å². The monoisotopic (exact) mass is 262 g/mol. The van der Waals surface area contributed by atoms with Gasteiger partial charge >= 0.3 is 0 Å². The largest absolute Gasteiger partial charge is 0.342 e. The van der Waals surface area contributed by atoms with Crippen LogP contribution in [0.4, 0.5) is 0 Å². The van der Waals surface area contributed by atoms with Crippen LogP contribution in [0.2, 0.25) is 0 Å². The van der Waals surface area contributed by atoms with Crippen molar-refractivity contribution < 1.29 is 0 Å². The highest BCUT2D eigenvalue weighted by Gasteiger charge is 2.11. The second kappa shape index (κ2) is 3.93. The van der Waals surface area contributed by atoms with Gasteiger partial charge in [0.1, 0.15) is 5.69 Å². The number of pyridine rings is 1. The van der Waals surface area contributed by atoms with Gasteiger partial charge in [-0.05, 0) is 19.1 Å². The number of aromatic amines is 1. The third-order valence-corrected chi connectivity index (χ3v) is 3.75. The molecule has 0 saturated heterocycles. The van der Waals surface area contributed by atoms with Crippen molar-refractivity contribution in [2.75, 3.05) is 0 Å². The van der Waals surface area contributed by atoms with Gasteiger partial charge < -0.3 is 9.55 Å². The van der Waals surface area contributed by atoms with Crippen molar-refractivity contribution in [2.24, 2.45) is 7.05 Å². The molecule has 3 aromatic heterocycles. The molecule has 0 spiro atoms. The number of imidazole rings is 1. The van der Waals surface area contributed by atoms with E-state index in [1.54, 1.807) is 0 Å². The van der Waals surface area contributed by atoms with E-state index in [-0.39, 0.29) is 0 Å². The average molecular weight is 262 g/mol. The van der Waals surface area contributed by atoms with Crippen molar-refractivity contribution in [3.05, 3.63) is 48.4 Å². The number of benzene rings is 1. The molecular formula is C16H14N4. The number of hydrogen-bond donors (Lipinski definition) is 1. The van der Waals surface area contributed by atoms with Crippen LogP contribution in [0.15, 0.2) is 42.7 Å². The molecule has 0 atom stereocenters. The van der Waals surface area contributed by atoms with Gasteiger partial charge in [0.2, 0.25) is 0 Å². The molecule has 0 saturated carbocycles. The van der Waals surface area contributed by atoms with Gasteiger partial charge in [0.25, 0.3) is 0 Å². The Morgan fingerprint density at radius 1 is 1.00 bits per heavy atom. The van der Waals surface area contributed by atoms with Crippen LogP contribution in [0.3, 0.4) is 0 Å². The van der Waals surface area contributed by atoms with Crippen LogP contribution >= 0.6 is 0 Å². The fraction of sp³-hybridized carbons (Fsp3) is 0.125. The van der Waals surface area contributed by atoms with E-state index in [0.29, 0.717) is 0 Å². The van der Waals surface area contributed by atoms with E-state index in [0.717, 1.165) is 22.7 Å². The molecule has 0 bridgehead atoms. The lowest BCUT2D eigenvalue weighted by Gasteiger charge is -1.99. The maximum Gasteiger partial charge on any atom is 0.156 e. The fourth-order valence-electron chi connectivity index (χ4n) is 2.73. The van der Waals surface area contributed by atoms with Crippen LogP contribution in [0.25, 0.3) is 33.3 Å². The van der Waals surface area contributed by atoms with E-state index >= 15 is 0 Å². The van der Waals surface area contributed by atoms with Gasteiger partial charge in [0.15, 0.2) is 5.82 Å². The summed E-state index contributed by atoms with van der Waals surface area (Å²) in [5, 5.41) is 2.46. The summed E-state index contributed by atoms with van der Waals surface area (Å²) in [4.78, 5) is 12.1. The zero-order chi connectivity index (χ0) is 13.7. The van der Waals surface area contributed by atoms with E-state index < -0.39 is 0 Å². The highest BCUT2D eigenvalue weighted by Crippen LogP contribution is 2.29. The normalized spacial score (nSPS) is 11.5. The van der Waals surface area contributed by atoms with E-state index in [4.69, 9.17) is 0 Å². The maximum atomic E-state index is 4.53. The Bertz CT molecular complexity index is 930. The molecule has 4 heteroatoms. The standard InChI is InChI=1S/C16H14N4/c1-10-8-18-16(19-10)13-7-12-11-5-3-4-6-14(11)20(2)15(12)9-17-13/h3-9H,1-2H3,(H,18,19). The summed E-state index contributed by atoms with van der Waals surface area (Å²) in [5.74, 6) is 0.817. The minimum Gasteiger partial charge on any atom is -0.342 e. The Labute approximate surface area is 116 Å². The van der Waals surface area contributed by atoms with Gasteiger partial charge in [-0.1, -0.05) is 18.2 Å². The van der Waals surface area contributed by atoms with Crippen LogP contribution in [0, 0.1) is 6.92 Å². The zero-order valence-electron chi connectivity index (χ0n) is 11.4. The lowest BCUT2D eigenvalue weighted by Crippen LogP contribution is -1.89. The molecule has 1 N–H and O–H groups in total. The molecule has 4 rings (SSSR count). The lowest BCUT2D eigenvalue weighted by molar-refractivity contribution is 1.01. The summed E-state index contributed by atoms with van der Waals surface area (Å²) in [6.07, 6.45) is 3.74. The lowest BCUT2D eigenvalue weighted by atomic mass is 10.1. The molecule has 0 aliphatic heterocycles. The van der Waals surface area contributed by atoms with Gasteiger partial charge in [-0.25, -0.2) is 4.98 Å². The van der Waals surface area contributed by atoms with E-state index in [9.17, 15) is 0 Å². The molecule has 20 heavy (non-hydrogen) atoms. The minimum absolute atomic E-state index is 0.817. The smallest absolute Gasteiger partial charge is 0.156 e. The second-order valence-corrected chi connectivity index (χ2v) is 5.08. The molecule has 3 heterocycles. The Balaban J connectivity index is 2.06. The quantitative estimate of drug-likeness (QED) is 0.571. The average Bonchev–Trinajstić information content (AvgIpc) is 3.03. The molecule has 0 unspecified atom stereocenters. The fourth-order valence-corrected chi connectivity index (χ4v) is 2.73. The summed E-state index contributed by atoms with van der Waals surface area (Å²) in [7, 11) is 2.07. The first-order valence-corrected chi connectivity index (χ1v) is 6.59. The maximum absolute atomic E-state index is 4.53. The zero-order valence-corrected chi connectivity index (χ0v) is 11.4. The predicted octanol–water partition coefficient (Wildman–Crippen LogP) is 3.43. The van der Waals surface area contributed by atoms with Crippen molar-refractivity contribution in [3.8, 4) is 11.5 Å². The highest BCUT2D eigenvalue weighted by molar-refractivity contribution is 6.08. The number of H-pyrrole nitrogens is 1. The molecular weight excluding hydrogens is 248 g/mol. The number of hydrogen-bond acceptors (Lipinski definition) is 2. The summed E-state index contributed by atoms with van der Waals surface area (Å²) >= 11 is 0. The van der Waals surface area contributed by atoms with E-state index in [1.165, 1.54) is 16.3 Å². The van der Waals surface area contributed by atoms with Crippen LogP contribution in [-0.2, 0) is 7.05 Å². The Hall–Kier alpha value is -2.62. The van der Waals surface area contributed by atoms with Crippen molar-refractivity contribution in [3.63, 3.8) is 0 Å². The molecule has 0 amide bonds. The molecule has 0 fully saturated rings. The van der Waals surface area contributed by atoms with Crippen LogP contribution in [-0.4, -0.2) is 19.5 Å². The van der Waals surface area contributed by atoms with Gasteiger partial charge in [-0.3, -0.25) is 4.98 Å². The molecule has 4 nitrogen and oxygen atoms in total. The minimum atomic E-state index is 0.817. The number of nitrogens with one attached hydrogen (secondary N) is 1. The second-order valence-electron chi connectivity index (χ2n) is 5.08. The number of nitrogens with zero attached hydrogens (tertiary/aromatic N) is 3. The SMILES string of the molecule is Cc1cnc(-c2cc3c4ccccc4n(C)c3cn2)[nH]1. The number of aromatic nitrogens is 4. The molecule has 0 aliphatic rings. The van der Waals surface area contributed by atoms with Gasteiger partial charge in [0, 0.05) is 35.2 Å². The molecule has 0 aliphatic carbocycles. The first kappa shape index (κ1) is 11.2. The predicted molar refractivity (Wildman–Crippen MR) is 80.5 cm³/mol. The molecule has 1 aromatic carbocycles. The van der Waals surface area contributed by atoms with E-state index in [2.05, 4.69) is 56.9 Å².